The average molecular weight is 260 g/mol. The van der Waals surface area contributed by atoms with E-state index >= 15 is 0 Å². The zero-order chi connectivity index (χ0) is 13.8. The van der Waals surface area contributed by atoms with E-state index in [1.807, 2.05) is 44.2 Å². The van der Waals surface area contributed by atoms with Gasteiger partial charge >= 0.3 is 0 Å². The smallest absolute Gasteiger partial charge is 0.243 e. The first kappa shape index (κ1) is 13.6. The Morgan fingerprint density at radius 2 is 1.58 bits per heavy atom. The van der Waals surface area contributed by atoms with Crippen LogP contribution in [-0.2, 0) is 16.0 Å². The number of benzene rings is 1. The first-order valence-electron chi connectivity index (χ1n) is 6.71. The van der Waals surface area contributed by atoms with Gasteiger partial charge in [0.1, 0.15) is 12.1 Å². The standard InChI is InChI=1S/C15H20N2O2/c1-10(2)8-12-14(18)17-13(15(19)16-12)9-11-6-4-3-5-7-11/h3-7,10,12-13H,8-9H2,1-2H3,(H,16,19)(H,17,18). The first-order chi connectivity index (χ1) is 9.06. The van der Waals surface area contributed by atoms with Gasteiger partial charge in [0.25, 0.3) is 0 Å². The number of rotatable bonds is 4. The number of hydrogen-bond donors (Lipinski definition) is 2. The summed E-state index contributed by atoms with van der Waals surface area (Å²) in [5.41, 5.74) is 1.05. The summed E-state index contributed by atoms with van der Waals surface area (Å²) < 4.78 is 0. The van der Waals surface area contributed by atoms with Crippen molar-refractivity contribution < 1.29 is 9.59 Å². The lowest BCUT2D eigenvalue weighted by Gasteiger charge is -2.30. The van der Waals surface area contributed by atoms with Crippen molar-refractivity contribution in [2.75, 3.05) is 0 Å². The molecule has 2 unspecified atom stereocenters. The van der Waals surface area contributed by atoms with Crippen LogP contribution in [0.3, 0.4) is 0 Å². The molecule has 0 radical (unpaired) electrons. The van der Waals surface area contributed by atoms with Crippen molar-refractivity contribution >= 4 is 11.8 Å². The number of carbonyl (C=O) groups is 2. The molecule has 2 N–H and O–H groups in total. The van der Waals surface area contributed by atoms with E-state index in [2.05, 4.69) is 10.6 Å². The summed E-state index contributed by atoms with van der Waals surface area (Å²) in [6.45, 7) is 4.07. The monoisotopic (exact) mass is 260 g/mol. The second-order valence-electron chi connectivity index (χ2n) is 5.44. The van der Waals surface area contributed by atoms with E-state index in [1.165, 1.54) is 0 Å². The Bertz CT molecular complexity index is 456. The van der Waals surface area contributed by atoms with Gasteiger partial charge in [0.05, 0.1) is 0 Å². The summed E-state index contributed by atoms with van der Waals surface area (Å²) >= 11 is 0. The highest BCUT2D eigenvalue weighted by Crippen LogP contribution is 2.11. The van der Waals surface area contributed by atoms with E-state index in [9.17, 15) is 9.59 Å². The molecule has 2 amide bonds. The quantitative estimate of drug-likeness (QED) is 0.856. The van der Waals surface area contributed by atoms with Gasteiger partial charge < -0.3 is 10.6 Å². The summed E-state index contributed by atoms with van der Waals surface area (Å²) in [5.74, 6) is 0.213. The maximum Gasteiger partial charge on any atom is 0.243 e. The molecular weight excluding hydrogens is 240 g/mol. The number of piperazine rings is 1. The fourth-order valence-electron chi connectivity index (χ4n) is 2.31. The minimum Gasteiger partial charge on any atom is -0.343 e. The zero-order valence-electron chi connectivity index (χ0n) is 11.3. The molecule has 1 aromatic carbocycles. The molecule has 2 atom stereocenters. The van der Waals surface area contributed by atoms with Gasteiger partial charge in [0, 0.05) is 6.42 Å². The summed E-state index contributed by atoms with van der Waals surface area (Å²) in [5, 5.41) is 5.64. The van der Waals surface area contributed by atoms with Crippen molar-refractivity contribution in [3.05, 3.63) is 35.9 Å². The van der Waals surface area contributed by atoms with Crippen molar-refractivity contribution in [2.24, 2.45) is 5.92 Å². The van der Waals surface area contributed by atoms with Crippen LogP contribution in [0.15, 0.2) is 30.3 Å². The highest BCUT2D eigenvalue weighted by atomic mass is 16.2. The fourth-order valence-corrected chi connectivity index (χ4v) is 2.31. The van der Waals surface area contributed by atoms with Crippen LogP contribution in [-0.4, -0.2) is 23.9 Å². The van der Waals surface area contributed by atoms with E-state index in [0.717, 1.165) is 5.56 Å². The van der Waals surface area contributed by atoms with Gasteiger partial charge in [-0.3, -0.25) is 9.59 Å². The van der Waals surface area contributed by atoms with Crippen LogP contribution in [0.4, 0.5) is 0 Å². The first-order valence-corrected chi connectivity index (χ1v) is 6.71. The molecule has 0 saturated carbocycles. The minimum atomic E-state index is -0.460. The molecule has 0 bridgehead atoms. The molecular formula is C15H20N2O2. The average Bonchev–Trinajstić information content (AvgIpc) is 2.36. The Labute approximate surface area is 113 Å². The molecule has 1 aromatic rings. The molecule has 102 valence electrons. The highest BCUT2D eigenvalue weighted by molar-refractivity contribution is 5.97. The van der Waals surface area contributed by atoms with Crippen LogP contribution in [0.1, 0.15) is 25.8 Å². The van der Waals surface area contributed by atoms with Crippen molar-refractivity contribution in [3.63, 3.8) is 0 Å². The zero-order valence-corrected chi connectivity index (χ0v) is 11.3. The van der Waals surface area contributed by atoms with Crippen LogP contribution >= 0.6 is 0 Å². The van der Waals surface area contributed by atoms with E-state index in [4.69, 9.17) is 0 Å². The van der Waals surface area contributed by atoms with Crippen LogP contribution in [0, 0.1) is 5.92 Å². The maximum atomic E-state index is 12.0. The Kier molecular flexibility index (Phi) is 4.20. The fraction of sp³-hybridized carbons (Fsp3) is 0.467. The maximum absolute atomic E-state index is 12.0. The van der Waals surface area contributed by atoms with Crippen molar-refractivity contribution in [1.29, 1.82) is 0 Å². The molecule has 0 aromatic heterocycles. The Hall–Kier alpha value is -1.84. The number of nitrogens with one attached hydrogen (secondary N) is 2. The van der Waals surface area contributed by atoms with Crippen LogP contribution in [0.5, 0.6) is 0 Å². The second-order valence-corrected chi connectivity index (χ2v) is 5.44. The number of hydrogen-bond acceptors (Lipinski definition) is 2. The summed E-state index contributed by atoms with van der Waals surface area (Å²) in [4.78, 5) is 24.0. The molecule has 2 rings (SSSR count). The van der Waals surface area contributed by atoms with Gasteiger partial charge in [0.15, 0.2) is 0 Å². The highest BCUT2D eigenvalue weighted by Gasteiger charge is 2.33. The van der Waals surface area contributed by atoms with Crippen molar-refractivity contribution in [1.82, 2.24) is 10.6 Å². The largest absolute Gasteiger partial charge is 0.343 e. The van der Waals surface area contributed by atoms with Crippen molar-refractivity contribution in [3.8, 4) is 0 Å². The lowest BCUT2D eigenvalue weighted by molar-refractivity contribution is -0.137. The number of carbonyl (C=O) groups excluding carboxylic acids is 2. The van der Waals surface area contributed by atoms with Gasteiger partial charge in [-0.15, -0.1) is 0 Å². The van der Waals surface area contributed by atoms with Gasteiger partial charge in [-0.05, 0) is 17.9 Å². The predicted octanol–water partition coefficient (Wildman–Crippen LogP) is 1.26. The van der Waals surface area contributed by atoms with Crippen molar-refractivity contribution in [2.45, 2.75) is 38.8 Å². The van der Waals surface area contributed by atoms with E-state index in [1.54, 1.807) is 0 Å². The summed E-state index contributed by atoms with van der Waals surface area (Å²) in [7, 11) is 0. The topological polar surface area (TPSA) is 58.2 Å². The Morgan fingerprint density at radius 3 is 2.21 bits per heavy atom. The molecule has 1 aliphatic rings. The second kappa shape index (κ2) is 5.87. The van der Waals surface area contributed by atoms with E-state index in [0.29, 0.717) is 18.8 Å². The number of amides is 2. The van der Waals surface area contributed by atoms with Gasteiger partial charge in [-0.25, -0.2) is 0 Å². The van der Waals surface area contributed by atoms with Gasteiger partial charge in [-0.2, -0.15) is 0 Å². The molecule has 1 fully saturated rings. The van der Waals surface area contributed by atoms with Gasteiger partial charge in [-0.1, -0.05) is 44.2 Å². The molecule has 0 spiro atoms. The molecule has 1 aliphatic heterocycles. The van der Waals surface area contributed by atoms with E-state index in [-0.39, 0.29) is 17.9 Å². The van der Waals surface area contributed by atoms with Crippen LogP contribution in [0.2, 0.25) is 0 Å². The minimum absolute atomic E-state index is 0.0748. The van der Waals surface area contributed by atoms with Crippen LogP contribution in [0.25, 0.3) is 0 Å². The summed E-state index contributed by atoms with van der Waals surface area (Å²) in [6.07, 6.45) is 1.21. The lowest BCUT2D eigenvalue weighted by atomic mass is 9.97. The molecule has 0 aliphatic carbocycles. The Morgan fingerprint density at radius 1 is 1.00 bits per heavy atom. The molecule has 1 heterocycles. The summed E-state index contributed by atoms with van der Waals surface area (Å²) in [6, 6.07) is 8.86. The Balaban J connectivity index is 1.99. The molecule has 1 saturated heterocycles. The molecule has 4 nitrogen and oxygen atoms in total. The SMILES string of the molecule is CC(C)CC1NC(=O)C(Cc2ccccc2)NC1=O. The third-order valence-electron chi connectivity index (χ3n) is 3.26. The lowest BCUT2D eigenvalue weighted by Crippen LogP contribution is -2.62. The van der Waals surface area contributed by atoms with Gasteiger partial charge in [0.2, 0.25) is 11.8 Å². The third-order valence-corrected chi connectivity index (χ3v) is 3.26. The molecule has 19 heavy (non-hydrogen) atoms. The molecule has 4 heteroatoms. The van der Waals surface area contributed by atoms with Crippen LogP contribution < -0.4 is 10.6 Å². The normalized spacial score (nSPS) is 23.1. The van der Waals surface area contributed by atoms with E-state index < -0.39 is 6.04 Å². The predicted molar refractivity (Wildman–Crippen MR) is 73.5 cm³/mol. The third kappa shape index (κ3) is 3.56.